The third-order valence-corrected chi connectivity index (χ3v) is 33.7. The Morgan fingerprint density at radius 2 is 0.622 bits per heavy atom. The van der Waals surface area contributed by atoms with Crippen LogP contribution in [0.2, 0.25) is 0 Å². The van der Waals surface area contributed by atoms with Gasteiger partial charge in [0.25, 0.3) is 0 Å². The molecule has 4 aromatic rings. The van der Waals surface area contributed by atoms with Gasteiger partial charge in [-0.2, -0.15) is 0 Å². The van der Waals surface area contributed by atoms with Gasteiger partial charge in [-0.05, 0) is 0 Å². The van der Waals surface area contributed by atoms with Crippen LogP contribution in [0.15, 0.2) is 97.1 Å². The Morgan fingerprint density at radius 1 is 0.405 bits per heavy atom. The van der Waals surface area contributed by atoms with E-state index in [1.165, 1.54) is 62.2 Å². The molecule has 0 aliphatic carbocycles. The van der Waals surface area contributed by atoms with Crippen molar-refractivity contribution in [3.63, 3.8) is 0 Å². The summed E-state index contributed by atoms with van der Waals surface area (Å²) in [4.78, 5) is 0. The van der Waals surface area contributed by atoms with Gasteiger partial charge in [0.2, 0.25) is 0 Å². The van der Waals surface area contributed by atoms with Crippen LogP contribution in [0.3, 0.4) is 0 Å². The fourth-order valence-electron chi connectivity index (χ4n) is 5.59. The Balaban J connectivity index is 1.85. The Labute approximate surface area is 275 Å². The quantitative estimate of drug-likeness (QED) is 0.122. The zero-order chi connectivity index (χ0) is 26.9. The van der Waals surface area contributed by atoms with Crippen molar-refractivity contribution >= 4 is 113 Å². The summed E-state index contributed by atoms with van der Waals surface area (Å²) in [6.07, 6.45) is 3.55. The van der Waals surface area contributed by atoms with E-state index in [4.69, 9.17) is 0 Å². The van der Waals surface area contributed by atoms with Crippen LogP contribution in [-0.4, -0.2) is 12.3 Å². The van der Waals surface area contributed by atoms with Gasteiger partial charge in [0.05, 0.1) is 0 Å². The summed E-state index contributed by atoms with van der Waals surface area (Å²) in [5.41, 5.74) is 5.64. The van der Waals surface area contributed by atoms with Crippen LogP contribution in [0.1, 0.15) is 28.7 Å². The summed E-state index contributed by atoms with van der Waals surface area (Å²) < 4.78 is -5.02. The molecule has 0 aliphatic heterocycles. The Kier molecular flexibility index (Phi) is 9.52. The fourth-order valence-corrected chi connectivity index (χ4v) is 30.4. The number of hydrogen-bond donors (Lipinski definition) is 0. The van der Waals surface area contributed by atoms with E-state index in [0.29, 0.717) is 0 Å². The molecule has 196 valence electrons. The van der Waals surface area contributed by atoms with Crippen molar-refractivity contribution in [3.05, 3.63) is 119 Å². The zero-order valence-corrected chi connectivity index (χ0v) is 32.2. The molecule has 0 N–H and O–H groups in total. The molecule has 37 heavy (non-hydrogen) atoms. The summed E-state index contributed by atoms with van der Waals surface area (Å²) in [5.74, 6) is 0. The van der Waals surface area contributed by atoms with Crippen molar-refractivity contribution < 1.29 is 0 Å². The minimum absolute atomic E-state index is 1.18. The normalized spacial score (nSPS) is 14.4. The Hall–Kier alpha value is 0.660. The first-order chi connectivity index (χ1) is 17.4. The molecular formula is C31H34I4P2. The topological polar surface area (TPSA) is 0 Å². The maximum atomic E-state index is 2.92. The van der Waals surface area contributed by atoms with Crippen LogP contribution in [0.25, 0.3) is 0 Å². The molecule has 0 saturated heterocycles. The van der Waals surface area contributed by atoms with Gasteiger partial charge in [-0.25, -0.2) is 0 Å². The summed E-state index contributed by atoms with van der Waals surface area (Å²) in [5, 5.41) is 6.16. The van der Waals surface area contributed by atoms with Gasteiger partial charge < -0.3 is 0 Å². The molecule has 0 atom stereocenters. The second-order valence-electron chi connectivity index (χ2n) is 10.1. The summed E-state index contributed by atoms with van der Waals surface area (Å²) in [6, 6.07) is 36.4. The van der Waals surface area contributed by atoms with E-state index >= 15 is 0 Å². The molecule has 0 aliphatic rings. The Bertz CT molecular complexity index is 1240. The Morgan fingerprint density at radius 3 is 0.838 bits per heavy atom. The first-order valence-corrected chi connectivity index (χ1v) is 28.5. The van der Waals surface area contributed by atoms with Crippen molar-refractivity contribution in [2.75, 3.05) is 12.3 Å². The SMILES string of the molecule is Cc1ccccc1P(I)(I)(CCCP(I)(I)(c1ccccc1C)c1ccccc1C)c1ccccc1C. The second-order valence-corrected chi connectivity index (χ2v) is 53.8. The molecule has 6 heteroatoms. The van der Waals surface area contributed by atoms with Crippen molar-refractivity contribution in [2.24, 2.45) is 0 Å². The van der Waals surface area contributed by atoms with Crippen molar-refractivity contribution in [1.29, 1.82) is 0 Å². The average molecular weight is 976 g/mol. The van der Waals surface area contributed by atoms with E-state index in [2.05, 4.69) is 213 Å². The third kappa shape index (κ3) is 5.86. The molecule has 0 unspecified atom stereocenters. The van der Waals surface area contributed by atoms with E-state index in [0.717, 1.165) is 0 Å². The molecule has 0 nitrogen and oxygen atoms in total. The van der Waals surface area contributed by atoms with E-state index < -0.39 is 3.78 Å². The van der Waals surface area contributed by atoms with Crippen molar-refractivity contribution in [2.45, 2.75) is 34.1 Å². The summed E-state index contributed by atoms with van der Waals surface area (Å²) in [6.45, 7) is 9.18. The monoisotopic (exact) mass is 976 g/mol. The van der Waals surface area contributed by atoms with Crippen LogP contribution in [0, 0.1) is 27.7 Å². The predicted molar refractivity (Wildman–Crippen MR) is 208 cm³/mol. The molecule has 0 spiro atoms. The number of rotatable bonds is 8. The first-order valence-electron chi connectivity index (χ1n) is 12.5. The molecule has 0 aromatic heterocycles. The van der Waals surface area contributed by atoms with Gasteiger partial charge in [-0.15, -0.1) is 0 Å². The van der Waals surface area contributed by atoms with Crippen molar-refractivity contribution in [1.82, 2.24) is 0 Å². The standard InChI is InChI=1S/C31H34I4P2/c1-24-14-5-9-18-28(24)36(32,33,29-19-10-6-15-25(29)2)22-13-23-37(34,35,30-20-11-7-16-26(30)3)31-21-12-8-17-27(31)4/h5-12,14-21H,13,22-23H2,1-4H3. The molecule has 4 rings (SSSR count). The maximum absolute atomic E-state index is 2.92. The van der Waals surface area contributed by atoms with Gasteiger partial charge in [0.15, 0.2) is 0 Å². The second kappa shape index (κ2) is 11.5. The third-order valence-electron chi connectivity index (χ3n) is 7.45. The molecule has 0 heterocycles. The molecule has 0 fully saturated rings. The van der Waals surface area contributed by atoms with E-state index in [-0.39, 0.29) is 0 Å². The molecule has 0 saturated carbocycles. The number of halogens is 4. The minimum atomic E-state index is -2.51. The van der Waals surface area contributed by atoms with Gasteiger partial charge >= 0.3 is 279 Å². The summed E-state index contributed by atoms with van der Waals surface area (Å²) >= 11 is 11.7. The molecular weight excluding hydrogens is 942 g/mol. The first kappa shape index (κ1) is 30.6. The van der Waals surface area contributed by atoms with Crippen molar-refractivity contribution in [3.8, 4) is 0 Å². The van der Waals surface area contributed by atoms with Crippen LogP contribution in [0.4, 0.5) is 0 Å². The van der Waals surface area contributed by atoms with Gasteiger partial charge in [-0.1, -0.05) is 0 Å². The zero-order valence-electron chi connectivity index (χ0n) is 21.8. The number of benzene rings is 4. The molecule has 0 bridgehead atoms. The average Bonchev–Trinajstić information content (AvgIpc) is 2.85. The van der Waals surface area contributed by atoms with Crippen LogP contribution >= 0.6 is 91.9 Å². The molecule has 4 aromatic carbocycles. The van der Waals surface area contributed by atoms with Crippen LogP contribution < -0.4 is 21.2 Å². The summed E-state index contributed by atoms with van der Waals surface area (Å²) in [7, 11) is 0. The predicted octanol–water partition coefficient (Wildman–Crippen LogP) is 10.4. The van der Waals surface area contributed by atoms with Gasteiger partial charge in [0, 0.05) is 0 Å². The molecule has 0 amide bonds. The number of aryl methyl sites for hydroxylation is 4. The number of hydrogen-bond acceptors (Lipinski definition) is 0. The van der Waals surface area contributed by atoms with E-state index in [9.17, 15) is 0 Å². The van der Waals surface area contributed by atoms with E-state index in [1.54, 1.807) is 0 Å². The van der Waals surface area contributed by atoms with Gasteiger partial charge in [-0.3, -0.25) is 0 Å². The van der Waals surface area contributed by atoms with E-state index in [1.807, 2.05) is 0 Å². The molecule has 0 radical (unpaired) electrons. The van der Waals surface area contributed by atoms with Gasteiger partial charge in [0.1, 0.15) is 0 Å². The fraction of sp³-hybridized carbons (Fsp3) is 0.226. The van der Waals surface area contributed by atoms with Crippen LogP contribution in [0.5, 0.6) is 0 Å². The van der Waals surface area contributed by atoms with Crippen LogP contribution in [-0.2, 0) is 0 Å².